The molecule has 0 bridgehead atoms. The smallest absolute Gasteiger partial charge is 0.262 e. The van der Waals surface area contributed by atoms with E-state index in [9.17, 15) is 9.59 Å². The molecule has 1 amide bonds. The van der Waals surface area contributed by atoms with Crippen molar-refractivity contribution in [1.29, 1.82) is 0 Å². The third kappa shape index (κ3) is 3.90. The average Bonchev–Trinajstić information content (AvgIpc) is 3.58. The van der Waals surface area contributed by atoms with Crippen LogP contribution in [-0.4, -0.2) is 41.8 Å². The molecule has 2 aromatic carbocycles. The van der Waals surface area contributed by atoms with Gasteiger partial charge in [-0.2, -0.15) is 0 Å². The number of para-hydroxylation sites is 1. The zero-order chi connectivity index (χ0) is 22.1. The van der Waals surface area contributed by atoms with Crippen LogP contribution in [0.3, 0.4) is 0 Å². The van der Waals surface area contributed by atoms with E-state index in [0.29, 0.717) is 35.5 Å². The first-order valence-electron chi connectivity index (χ1n) is 11.0. The first-order chi connectivity index (χ1) is 15.7. The van der Waals surface area contributed by atoms with Crippen molar-refractivity contribution in [2.24, 2.45) is 0 Å². The number of benzene rings is 2. The van der Waals surface area contributed by atoms with Gasteiger partial charge in [-0.25, -0.2) is 0 Å². The highest BCUT2D eigenvalue weighted by atomic mass is 32.2. The summed E-state index contributed by atoms with van der Waals surface area (Å²) >= 11 is 1.38. The van der Waals surface area contributed by atoms with E-state index in [1.807, 2.05) is 58.7 Å². The van der Waals surface area contributed by atoms with Crippen molar-refractivity contribution in [1.82, 2.24) is 24.1 Å². The number of hydrogen-bond acceptors (Lipinski definition) is 5. The predicted molar refractivity (Wildman–Crippen MR) is 126 cm³/mol. The number of hydrogen-bond donors (Lipinski definition) is 0. The van der Waals surface area contributed by atoms with Crippen LogP contribution >= 0.6 is 11.8 Å². The molecule has 0 aliphatic heterocycles. The SMILES string of the molecule is CCCn1c(=O)c2ccccc2n2c(SCC(=O)N(Cc3ccccc3)C3CC3)nnc12. The molecule has 2 heterocycles. The second-order valence-corrected chi connectivity index (χ2v) is 9.06. The Kier molecular flexibility index (Phi) is 5.70. The topological polar surface area (TPSA) is 72.5 Å². The molecule has 8 heteroatoms. The first-order valence-corrected chi connectivity index (χ1v) is 12.0. The minimum Gasteiger partial charge on any atom is -0.335 e. The minimum atomic E-state index is -0.0576. The Morgan fingerprint density at radius 3 is 2.59 bits per heavy atom. The second kappa shape index (κ2) is 8.78. The van der Waals surface area contributed by atoms with Gasteiger partial charge in [-0.3, -0.25) is 18.6 Å². The van der Waals surface area contributed by atoms with Gasteiger partial charge >= 0.3 is 0 Å². The molecular weight excluding hydrogens is 422 g/mol. The first kappa shape index (κ1) is 20.8. The van der Waals surface area contributed by atoms with Crippen LogP contribution in [0.15, 0.2) is 64.5 Å². The van der Waals surface area contributed by atoms with Gasteiger partial charge in [0, 0.05) is 19.1 Å². The van der Waals surface area contributed by atoms with E-state index in [1.165, 1.54) is 11.8 Å². The van der Waals surface area contributed by atoms with Crippen molar-refractivity contribution >= 4 is 34.3 Å². The Labute approximate surface area is 190 Å². The van der Waals surface area contributed by atoms with E-state index >= 15 is 0 Å². The summed E-state index contributed by atoms with van der Waals surface area (Å²) in [5.74, 6) is 0.906. The number of rotatable bonds is 8. The van der Waals surface area contributed by atoms with Crippen LogP contribution in [0.25, 0.3) is 16.7 Å². The van der Waals surface area contributed by atoms with Gasteiger partial charge in [-0.1, -0.05) is 61.2 Å². The molecule has 32 heavy (non-hydrogen) atoms. The van der Waals surface area contributed by atoms with Crippen LogP contribution in [0.2, 0.25) is 0 Å². The molecular formula is C24H25N5O2S. The maximum Gasteiger partial charge on any atom is 0.262 e. The molecule has 164 valence electrons. The van der Waals surface area contributed by atoms with Crippen molar-refractivity contribution in [3.8, 4) is 0 Å². The summed E-state index contributed by atoms with van der Waals surface area (Å²) < 4.78 is 3.58. The summed E-state index contributed by atoms with van der Waals surface area (Å²) in [4.78, 5) is 28.1. The molecule has 1 saturated carbocycles. The second-order valence-electron chi connectivity index (χ2n) is 8.12. The maximum absolute atomic E-state index is 13.1. The fourth-order valence-corrected chi connectivity index (χ4v) is 4.87. The monoisotopic (exact) mass is 447 g/mol. The summed E-state index contributed by atoms with van der Waals surface area (Å²) in [5.41, 5.74) is 1.85. The maximum atomic E-state index is 13.1. The molecule has 0 spiro atoms. The molecule has 1 aliphatic carbocycles. The van der Waals surface area contributed by atoms with E-state index in [0.717, 1.165) is 30.3 Å². The molecule has 1 fully saturated rings. The van der Waals surface area contributed by atoms with Crippen LogP contribution in [0, 0.1) is 0 Å². The fourth-order valence-electron chi connectivity index (χ4n) is 4.05. The lowest BCUT2D eigenvalue weighted by atomic mass is 10.2. The summed E-state index contributed by atoms with van der Waals surface area (Å²) in [7, 11) is 0. The highest BCUT2D eigenvalue weighted by molar-refractivity contribution is 7.99. The highest BCUT2D eigenvalue weighted by Gasteiger charge is 2.32. The molecule has 0 radical (unpaired) electrons. The zero-order valence-corrected chi connectivity index (χ0v) is 18.8. The lowest BCUT2D eigenvalue weighted by Crippen LogP contribution is -2.34. The van der Waals surface area contributed by atoms with Crippen LogP contribution in [0.5, 0.6) is 0 Å². The van der Waals surface area contributed by atoms with Gasteiger partial charge in [0.2, 0.25) is 11.7 Å². The molecule has 1 aliphatic rings. The third-order valence-electron chi connectivity index (χ3n) is 5.75. The van der Waals surface area contributed by atoms with Gasteiger partial charge in [0.1, 0.15) is 0 Å². The van der Waals surface area contributed by atoms with E-state index in [1.54, 1.807) is 4.57 Å². The van der Waals surface area contributed by atoms with Gasteiger partial charge in [-0.15, -0.1) is 10.2 Å². The lowest BCUT2D eigenvalue weighted by molar-refractivity contribution is -0.129. The van der Waals surface area contributed by atoms with Gasteiger partial charge < -0.3 is 4.90 Å². The van der Waals surface area contributed by atoms with Crippen molar-refractivity contribution < 1.29 is 4.79 Å². The van der Waals surface area contributed by atoms with Gasteiger partial charge in [0.25, 0.3) is 5.56 Å². The van der Waals surface area contributed by atoms with E-state index in [-0.39, 0.29) is 17.2 Å². The predicted octanol–water partition coefficient (Wildman–Crippen LogP) is 3.74. The number of aromatic nitrogens is 4. The number of carbonyl (C=O) groups excluding carboxylic acids is 1. The summed E-state index contributed by atoms with van der Waals surface area (Å²) in [6.07, 6.45) is 2.94. The number of fused-ring (bicyclic) bond motifs is 3. The molecule has 0 unspecified atom stereocenters. The Balaban J connectivity index is 1.44. The Morgan fingerprint density at radius 2 is 1.84 bits per heavy atom. The van der Waals surface area contributed by atoms with E-state index in [2.05, 4.69) is 22.3 Å². The molecule has 2 aromatic heterocycles. The summed E-state index contributed by atoms with van der Waals surface area (Å²) in [6, 6.07) is 17.9. The van der Waals surface area contributed by atoms with Crippen molar-refractivity contribution in [2.75, 3.05) is 5.75 Å². The number of amides is 1. The van der Waals surface area contributed by atoms with E-state index in [4.69, 9.17) is 0 Å². The van der Waals surface area contributed by atoms with E-state index < -0.39 is 0 Å². The molecule has 7 nitrogen and oxygen atoms in total. The van der Waals surface area contributed by atoms with Crippen molar-refractivity contribution in [2.45, 2.75) is 50.5 Å². The minimum absolute atomic E-state index is 0.0576. The van der Waals surface area contributed by atoms with Crippen LogP contribution in [-0.2, 0) is 17.9 Å². The molecule has 4 aromatic rings. The normalized spacial score (nSPS) is 13.7. The van der Waals surface area contributed by atoms with Gasteiger partial charge in [0.15, 0.2) is 5.16 Å². The lowest BCUT2D eigenvalue weighted by Gasteiger charge is -2.22. The number of carbonyl (C=O) groups is 1. The molecule has 0 saturated heterocycles. The summed E-state index contributed by atoms with van der Waals surface area (Å²) in [6.45, 7) is 3.23. The average molecular weight is 448 g/mol. The number of thioether (sulfide) groups is 1. The van der Waals surface area contributed by atoms with Crippen LogP contribution in [0.4, 0.5) is 0 Å². The van der Waals surface area contributed by atoms with Crippen molar-refractivity contribution in [3.63, 3.8) is 0 Å². The summed E-state index contributed by atoms with van der Waals surface area (Å²) in [5, 5.41) is 9.93. The molecule has 5 rings (SSSR count). The number of nitrogens with zero attached hydrogens (tertiary/aromatic N) is 5. The highest BCUT2D eigenvalue weighted by Crippen LogP contribution is 2.30. The molecule has 0 atom stereocenters. The van der Waals surface area contributed by atoms with Gasteiger partial charge in [-0.05, 0) is 37.0 Å². The number of aryl methyl sites for hydroxylation is 1. The Morgan fingerprint density at radius 1 is 1.09 bits per heavy atom. The molecule has 0 N–H and O–H groups in total. The van der Waals surface area contributed by atoms with Crippen molar-refractivity contribution in [3.05, 3.63) is 70.5 Å². The van der Waals surface area contributed by atoms with Gasteiger partial charge in [0.05, 0.1) is 16.7 Å². The Hall–Kier alpha value is -3.13. The fraction of sp³-hybridized carbons (Fsp3) is 0.333. The largest absolute Gasteiger partial charge is 0.335 e. The quantitative estimate of drug-likeness (QED) is 0.385. The van der Waals surface area contributed by atoms with Crippen LogP contribution in [0.1, 0.15) is 31.7 Å². The Bertz CT molecular complexity index is 1330. The third-order valence-corrected chi connectivity index (χ3v) is 6.67. The van der Waals surface area contributed by atoms with Crippen LogP contribution < -0.4 is 5.56 Å². The zero-order valence-electron chi connectivity index (χ0n) is 18.0. The standard InChI is InChI=1S/C24H25N5O2S/c1-2-14-27-22(31)19-10-6-7-11-20(19)29-23(27)25-26-24(29)32-16-21(30)28(18-12-13-18)15-17-8-4-3-5-9-17/h3-11,18H,2,12-16H2,1H3.